The Bertz CT molecular complexity index is 612. The number of hydrogen-bond acceptors (Lipinski definition) is 2. The number of carbonyl (C=O) groups is 1. The minimum Gasteiger partial charge on any atom is -0.454 e. The van der Waals surface area contributed by atoms with Crippen LogP contribution in [-0.2, 0) is 15.1 Å². The average molecular weight is 399 g/mol. The number of cyclic esters (lactones) is 1. The van der Waals surface area contributed by atoms with Crippen LogP contribution in [0.2, 0.25) is 0 Å². The van der Waals surface area contributed by atoms with Gasteiger partial charge >= 0.3 is 5.97 Å². The zero-order valence-electron chi connectivity index (χ0n) is 18.9. The summed E-state index contributed by atoms with van der Waals surface area (Å²) in [6, 6.07) is 9.19. The highest BCUT2D eigenvalue weighted by Gasteiger charge is 2.41. The molecule has 0 bridgehead atoms. The topological polar surface area (TPSA) is 26.3 Å². The van der Waals surface area contributed by atoms with Crippen molar-refractivity contribution in [3.63, 3.8) is 0 Å². The summed E-state index contributed by atoms with van der Waals surface area (Å²) >= 11 is 0. The molecule has 0 spiro atoms. The maximum atomic E-state index is 11.9. The number of unbranched alkanes of at least 4 members (excludes halogenated alkanes) is 5. The lowest BCUT2D eigenvalue weighted by Crippen LogP contribution is -2.25. The Morgan fingerprint density at radius 2 is 1.59 bits per heavy atom. The highest BCUT2D eigenvalue weighted by molar-refractivity contribution is 5.72. The molecular formula is C27H42O2. The van der Waals surface area contributed by atoms with Crippen LogP contribution in [0.3, 0.4) is 0 Å². The summed E-state index contributed by atoms with van der Waals surface area (Å²) in [4.78, 5) is 11.9. The van der Waals surface area contributed by atoms with Gasteiger partial charge in [0.05, 0.1) is 0 Å². The molecule has 0 radical (unpaired) electrons. The van der Waals surface area contributed by atoms with E-state index < -0.39 is 0 Å². The standard InChI is InChI=1S/C27H42O2/c1-3-5-7-9-20-27(21-19-26(28)29-27)25-17-15-24(16-18-25)23-13-11-22(12-14-23)10-8-6-4-2/h15-18,22-23H,3-14,19-21H2,1-2H3/t22?,23?,27-/m0/s1. The van der Waals surface area contributed by atoms with Gasteiger partial charge in [-0.25, -0.2) is 0 Å². The Hall–Kier alpha value is -1.31. The van der Waals surface area contributed by atoms with Crippen LogP contribution in [0.15, 0.2) is 24.3 Å². The van der Waals surface area contributed by atoms with Crippen molar-refractivity contribution in [3.8, 4) is 0 Å². The molecule has 162 valence electrons. The van der Waals surface area contributed by atoms with Gasteiger partial charge < -0.3 is 4.74 Å². The largest absolute Gasteiger partial charge is 0.454 e. The predicted molar refractivity (Wildman–Crippen MR) is 121 cm³/mol. The molecule has 1 saturated carbocycles. The summed E-state index contributed by atoms with van der Waals surface area (Å²) in [5.74, 6) is 1.66. The molecule has 2 heteroatoms. The number of rotatable bonds is 11. The van der Waals surface area contributed by atoms with Crippen LogP contribution in [0.25, 0.3) is 0 Å². The maximum Gasteiger partial charge on any atom is 0.306 e. The highest BCUT2D eigenvalue weighted by atomic mass is 16.6. The van der Waals surface area contributed by atoms with Gasteiger partial charge in [0.25, 0.3) is 0 Å². The minimum atomic E-state index is -0.361. The molecule has 0 unspecified atom stereocenters. The molecule has 29 heavy (non-hydrogen) atoms. The molecule has 0 N–H and O–H groups in total. The number of ether oxygens (including phenoxy) is 1. The third-order valence-corrected chi connectivity index (χ3v) is 7.45. The van der Waals surface area contributed by atoms with Crippen molar-refractivity contribution >= 4 is 5.97 Å². The van der Waals surface area contributed by atoms with Crippen molar-refractivity contribution in [3.05, 3.63) is 35.4 Å². The first-order valence-corrected chi connectivity index (χ1v) is 12.5. The SMILES string of the molecule is CCCCCC[C@@]1(c2ccc(C3CCC(CCCCC)CC3)cc2)CCC(=O)O1. The molecule has 1 heterocycles. The van der Waals surface area contributed by atoms with E-state index in [-0.39, 0.29) is 11.6 Å². The fourth-order valence-electron chi connectivity index (χ4n) is 5.51. The van der Waals surface area contributed by atoms with E-state index in [4.69, 9.17) is 4.74 Å². The van der Waals surface area contributed by atoms with Crippen molar-refractivity contribution in [2.24, 2.45) is 5.92 Å². The second kappa shape index (κ2) is 11.2. The Labute approximate surface area is 178 Å². The summed E-state index contributed by atoms with van der Waals surface area (Å²) < 4.78 is 5.92. The van der Waals surface area contributed by atoms with Gasteiger partial charge in [-0.15, -0.1) is 0 Å². The van der Waals surface area contributed by atoms with Crippen LogP contribution in [-0.4, -0.2) is 5.97 Å². The Balaban J connectivity index is 1.57. The molecule has 3 rings (SSSR count). The lowest BCUT2D eigenvalue weighted by molar-refractivity contribution is -0.150. The molecule has 2 aliphatic rings. The molecule has 1 aromatic carbocycles. The van der Waals surface area contributed by atoms with Gasteiger partial charge in [0.1, 0.15) is 5.60 Å². The van der Waals surface area contributed by atoms with E-state index >= 15 is 0 Å². The molecule has 0 aromatic heterocycles. The second-order valence-electron chi connectivity index (χ2n) is 9.61. The van der Waals surface area contributed by atoms with E-state index in [1.54, 1.807) is 0 Å². The first kappa shape index (κ1) is 22.4. The molecule has 1 atom stereocenters. The van der Waals surface area contributed by atoms with Crippen molar-refractivity contribution in [1.29, 1.82) is 0 Å². The summed E-state index contributed by atoms with van der Waals surface area (Å²) in [6.07, 6.45) is 18.3. The van der Waals surface area contributed by atoms with E-state index in [2.05, 4.69) is 38.1 Å². The van der Waals surface area contributed by atoms with Crippen LogP contribution in [0, 0.1) is 5.92 Å². The van der Waals surface area contributed by atoms with Gasteiger partial charge in [-0.3, -0.25) is 4.79 Å². The van der Waals surface area contributed by atoms with Crippen molar-refractivity contribution in [1.82, 2.24) is 0 Å². The summed E-state index contributed by atoms with van der Waals surface area (Å²) in [7, 11) is 0. The number of benzene rings is 1. The van der Waals surface area contributed by atoms with Crippen LogP contribution in [0.5, 0.6) is 0 Å². The van der Waals surface area contributed by atoms with Crippen LogP contribution >= 0.6 is 0 Å². The third-order valence-electron chi connectivity index (χ3n) is 7.45. The van der Waals surface area contributed by atoms with Gasteiger partial charge in [-0.2, -0.15) is 0 Å². The molecule has 2 nitrogen and oxygen atoms in total. The normalized spacial score (nSPS) is 27.2. The van der Waals surface area contributed by atoms with E-state index in [0.717, 1.165) is 31.1 Å². The van der Waals surface area contributed by atoms with Crippen molar-refractivity contribution in [2.45, 2.75) is 122 Å². The van der Waals surface area contributed by atoms with E-state index in [0.29, 0.717) is 6.42 Å². The zero-order valence-corrected chi connectivity index (χ0v) is 18.9. The Kier molecular flexibility index (Phi) is 8.63. The smallest absolute Gasteiger partial charge is 0.306 e. The summed E-state index contributed by atoms with van der Waals surface area (Å²) in [5.41, 5.74) is 2.35. The fraction of sp³-hybridized carbons (Fsp3) is 0.741. The zero-order chi connectivity index (χ0) is 20.5. The number of esters is 1. The van der Waals surface area contributed by atoms with E-state index in [1.165, 1.54) is 81.8 Å². The van der Waals surface area contributed by atoms with Crippen molar-refractivity contribution < 1.29 is 9.53 Å². The average Bonchev–Trinajstić information content (AvgIpc) is 3.14. The molecule has 0 amide bonds. The molecule has 1 saturated heterocycles. The number of hydrogen-bond donors (Lipinski definition) is 0. The van der Waals surface area contributed by atoms with Gasteiger partial charge in [-0.1, -0.05) is 83.1 Å². The van der Waals surface area contributed by atoms with Crippen molar-refractivity contribution in [2.75, 3.05) is 0 Å². The first-order chi connectivity index (χ1) is 14.2. The van der Waals surface area contributed by atoms with E-state index in [9.17, 15) is 4.79 Å². The second-order valence-corrected chi connectivity index (χ2v) is 9.61. The summed E-state index contributed by atoms with van der Waals surface area (Å²) in [5, 5.41) is 0. The number of carbonyl (C=O) groups excluding carboxylic acids is 1. The monoisotopic (exact) mass is 398 g/mol. The van der Waals surface area contributed by atoms with E-state index in [1.807, 2.05) is 0 Å². The molecule has 1 aromatic rings. The van der Waals surface area contributed by atoms with Gasteiger partial charge in [0.15, 0.2) is 0 Å². The van der Waals surface area contributed by atoms with Crippen LogP contribution in [0.1, 0.15) is 127 Å². The minimum absolute atomic E-state index is 0.0223. The van der Waals surface area contributed by atoms with Crippen LogP contribution < -0.4 is 0 Å². The third kappa shape index (κ3) is 6.09. The highest BCUT2D eigenvalue weighted by Crippen LogP contribution is 2.43. The lowest BCUT2D eigenvalue weighted by Gasteiger charge is -2.31. The van der Waals surface area contributed by atoms with Crippen LogP contribution in [0.4, 0.5) is 0 Å². The lowest BCUT2D eigenvalue weighted by atomic mass is 9.76. The quantitative estimate of drug-likeness (QED) is 0.278. The first-order valence-electron chi connectivity index (χ1n) is 12.5. The van der Waals surface area contributed by atoms with Gasteiger partial charge in [-0.05, 0) is 61.5 Å². The molecular weight excluding hydrogens is 356 g/mol. The van der Waals surface area contributed by atoms with Gasteiger partial charge in [0.2, 0.25) is 0 Å². The Morgan fingerprint density at radius 1 is 0.897 bits per heavy atom. The molecule has 2 fully saturated rings. The maximum absolute atomic E-state index is 11.9. The van der Waals surface area contributed by atoms with Gasteiger partial charge in [0, 0.05) is 12.8 Å². The predicted octanol–water partition coefficient (Wildman–Crippen LogP) is 8.04. The fourth-order valence-corrected chi connectivity index (χ4v) is 5.51. The Morgan fingerprint density at radius 3 is 2.21 bits per heavy atom. The molecule has 1 aliphatic carbocycles. The molecule has 1 aliphatic heterocycles. The summed E-state index contributed by atoms with van der Waals surface area (Å²) in [6.45, 7) is 4.53.